The molecule has 0 bridgehead atoms. The summed E-state index contributed by atoms with van der Waals surface area (Å²) in [6.07, 6.45) is 1.49. The summed E-state index contributed by atoms with van der Waals surface area (Å²) in [4.78, 5) is 35.3. The number of aromatic amines is 1. The molecule has 154 valence electrons. The summed E-state index contributed by atoms with van der Waals surface area (Å²) >= 11 is 0. The first-order valence-electron chi connectivity index (χ1n) is 10.2. The molecule has 4 heterocycles. The second kappa shape index (κ2) is 6.83. The number of benzene rings is 1. The highest BCUT2D eigenvalue weighted by Gasteiger charge is 2.28. The summed E-state index contributed by atoms with van der Waals surface area (Å²) in [5.74, 6) is 0.00586. The Hall–Kier alpha value is -3.42. The van der Waals surface area contributed by atoms with Gasteiger partial charge in [-0.05, 0) is 44.9 Å². The molecule has 0 saturated carbocycles. The summed E-state index contributed by atoms with van der Waals surface area (Å²) < 4.78 is 3.57. The summed E-state index contributed by atoms with van der Waals surface area (Å²) in [5.41, 5.74) is 4.69. The molecule has 1 amide bonds. The SMILES string of the molecule is Cc1cc(C(=O)N2CCC(n3c(=O)[nH]c4ccccc43)CC2)c2c(C)nn(C)c2n1. The lowest BCUT2D eigenvalue weighted by atomic mass is 10.0. The van der Waals surface area contributed by atoms with Crippen LogP contribution in [0.3, 0.4) is 0 Å². The van der Waals surface area contributed by atoms with Crippen molar-refractivity contribution < 1.29 is 4.79 Å². The predicted octanol–water partition coefficient (Wildman–Crippen LogP) is 2.71. The van der Waals surface area contributed by atoms with Gasteiger partial charge in [0.25, 0.3) is 5.91 Å². The Labute approximate surface area is 173 Å². The zero-order valence-electron chi connectivity index (χ0n) is 17.3. The second-order valence-electron chi connectivity index (χ2n) is 8.06. The number of hydrogen-bond donors (Lipinski definition) is 1. The van der Waals surface area contributed by atoms with Crippen LogP contribution in [0.25, 0.3) is 22.1 Å². The molecule has 1 N–H and O–H groups in total. The third-order valence-electron chi connectivity index (χ3n) is 6.07. The maximum atomic E-state index is 13.4. The van der Waals surface area contributed by atoms with Gasteiger partial charge in [0.15, 0.2) is 5.65 Å². The molecule has 4 aromatic rings. The first-order chi connectivity index (χ1) is 14.4. The van der Waals surface area contributed by atoms with Crippen molar-refractivity contribution in [1.82, 2.24) is 29.2 Å². The van der Waals surface area contributed by atoms with Crippen LogP contribution in [0, 0.1) is 13.8 Å². The van der Waals surface area contributed by atoms with Crippen LogP contribution in [0.15, 0.2) is 35.1 Å². The molecule has 1 saturated heterocycles. The van der Waals surface area contributed by atoms with E-state index >= 15 is 0 Å². The van der Waals surface area contributed by atoms with E-state index in [1.54, 1.807) is 4.68 Å². The summed E-state index contributed by atoms with van der Waals surface area (Å²) in [6.45, 7) is 5.02. The normalized spacial score (nSPS) is 15.4. The molecule has 1 aliphatic rings. The third-order valence-corrected chi connectivity index (χ3v) is 6.07. The fourth-order valence-electron chi connectivity index (χ4n) is 4.67. The van der Waals surface area contributed by atoms with Crippen LogP contribution in [-0.4, -0.2) is 48.2 Å². The van der Waals surface area contributed by atoms with E-state index in [1.807, 2.05) is 60.7 Å². The first kappa shape index (κ1) is 18.6. The number of H-pyrrole nitrogens is 1. The lowest BCUT2D eigenvalue weighted by Gasteiger charge is -2.32. The van der Waals surface area contributed by atoms with Crippen LogP contribution in [-0.2, 0) is 7.05 Å². The van der Waals surface area contributed by atoms with Crippen LogP contribution in [0.4, 0.5) is 0 Å². The number of pyridine rings is 1. The Morgan fingerprint density at radius 2 is 1.90 bits per heavy atom. The molecular weight excluding hydrogens is 380 g/mol. The highest BCUT2D eigenvalue weighted by molar-refractivity contribution is 6.06. The fourth-order valence-corrected chi connectivity index (χ4v) is 4.67. The number of likely N-dealkylation sites (tertiary alicyclic amines) is 1. The van der Waals surface area contributed by atoms with E-state index in [4.69, 9.17) is 0 Å². The minimum atomic E-state index is -0.0848. The molecule has 30 heavy (non-hydrogen) atoms. The summed E-state index contributed by atoms with van der Waals surface area (Å²) in [5, 5.41) is 5.27. The number of aromatic nitrogens is 5. The van der Waals surface area contributed by atoms with E-state index in [-0.39, 0.29) is 17.6 Å². The molecular formula is C22H24N6O2. The van der Waals surface area contributed by atoms with E-state index in [1.165, 1.54) is 0 Å². The van der Waals surface area contributed by atoms with Crippen LogP contribution < -0.4 is 5.69 Å². The Morgan fingerprint density at radius 1 is 1.17 bits per heavy atom. The van der Waals surface area contributed by atoms with Crippen molar-refractivity contribution in [2.75, 3.05) is 13.1 Å². The molecule has 0 aliphatic carbocycles. The van der Waals surface area contributed by atoms with Crippen molar-refractivity contribution >= 4 is 28.0 Å². The molecule has 8 nitrogen and oxygen atoms in total. The van der Waals surface area contributed by atoms with E-state index < -0.39 is 0 Å². The van der Waals surface area contributed by atoms with E-state index in [9.17, 15) is 9.59 Å². The van der Waals surface area contributed by atoms with E-state index in [0.29, 0.717) is 18.7 Å². The monoisotopic (exact) mass is 404 g/mol. The number of amides is 1. The number of rotatable bonds is 2. The topological polar surface area (TPSA) is 88.8 Å². The molecule has 3 aromatic heterocycles. The zero-order valence-corrected chi connectivity index (χ0v) is 17.3. The number of hydrogen-bond acceptors (Lipinski definition) is 4. The first-order valence-corrected chi connectivity index (χ1v) is 10.2. The molecule has 0 unspecified atom stereocenters. The number of piperidine rings is 1. The molecule has 5 rings (SSSR count). The van der Waals surface area contributed by atoms with Crippen molar-refractivity contribution in [2.24, 2.45) is 7.05 Å². The van der Waals surface area contributed by atoms with Gasteiger partial charge in [-0.1, -0.05) is 12.1 Å². The van der Waals surface area contributed by atoms with Crippen LogP contribution in [0.5, 0.6) is 0 Å². The maximum absolute atomic E-state index is 13.4. The number of imidazole rings is 1. The van der Waals surface area contributed by atoms with Gasteiger partial charge in [-0.15, -0.1) is 0 Å². The van der Waals surface area contributed by atoms with Crippen molar-refractivity contribution in [3.05, 3.63) is 57.8 Å². The number of nitrogens with zero attached hydrogens (tertiary/aromatic N) is 5. The molecule has 8 heteroatoms. The Morgan fingerprint density at radius 3 is 2.67 bits per heavy atom. The number of aryl methyl sites for hydroxylation is 3. The summed E-state index contributed by atoms with van der Waals surface area (Å²) in [6, 6.07) is 9.68. The van der Waals surface area contributed by atoms with Gasteiger partial charge in [-0.25, -0.2) is 9.78 Å². The van der Waals surface area contributed by atoms with Crippen molar-refractivity contribution in [1.29, 1.82) is 0 Å². The smallest absolute Gasteiger partial charge is 0.326 e. The average Bonchev–Trinajstić information content (AvgIpc) is 3.22. The Balaban J connectivity index is 1.42. The van der Waals surface area contributed by atoms with Crippen molar-refractivity contribution in [2.45, 2.75) is 32.7 Å². The predicted molar refractivity (Wildman–Crippen MR) is 115 cm³/mol. The van der Waals surface area contributed by atoms with Gasteiger partial charge in [0.2, 0.25) is 0 Å². The number of fused-ring (bicyclic) bond motifs is 2. The third kappa shape index (κ3) is 2.82. The molecule has 0 spiro atoms. The van der Waals surface area contributed by atoms with Crippen LogP contribution in [0.2, 0.25) is 0 Å². The van der Waals surface area contributed by atoms with Crippen molar-refractivity contribution in [3.8, 4) is 0 Å². The number of carbonyl (C=O) groups excluding carboxylic acids is 1. The van der Waals surface area contributed by atoms with Crippen molar-refractivity contribution in [3.63, 3.8) is 0 Å². The molecule has 0 atom stereocenters. The Bertz CT molecular complexity index is 1340. The highest BCUT2D eigenvalue weighted by atomic mass is 16.2. The molecule has 0 radical (unpaired) electrons. The standard InChI is InChI=1S/C22H24N6O2/c1-13-12-16(19-14(2)25-26(3)20(19)23-13)21(29)27-10-8-15(9-11-27)28-18-7-5-4-6-17(18)24-22(28)30/h4-7,12,15H,8-11H2,1-3H3,(H,24,30). The number of nitrogens with one attached hydrogen (secondary N) is 1. The van der Waals surface area contributed by atoms with Gasteiger partial charge in [0.1, 0.15) is 0 Å². The second-order valence-corrected chi connectivity index (χ2v) is 8.06. The van der Waals surface area contributed by atoms with Crippen LogP contribution in [0.1, 0.15) is 40.6 Å². The molecule has 1 aromatic carbocycles. The van der Waals surface area contributed by atoms with Gasteiger partial charge >= 0.3 is 5.69 Å². The average molecular weight is 404 g/mol. The molecule has 1 aliphatic heterocycles. The van der Waals surface area contributed by atoms with Crippen LogP contribution >= 0.6 is 0 Å². The minimum absolute atomic E-state index is 0.00586. The summed E-state index contributed by atoms with van der Waals surface area (Å²) in [7, 11) is 1.85. The van der Waals surface area contributed by atoms with Gasteiger partial charge in [-0.3, -0.25) is 14.0 Å². The van der Waals surface area contributed by atoms with Gasteiger partial charge in [0, 0.05) is 31.9 Å². The largest absolute Gasteiger partial charge is 0.338 e. The maximum Gasteiger partial charge on any atom is 0.326 e. The fraction of sp³-hybridized carbons (Fsp3) is 0.364. The van der Waals surface area contributed by atoms with E-state index in [0.717, 1.165) is 46.3 Å². The lowest BCUT2D eigenvalue weighted by molar-refractivity contribution is 0.0697. The number of para-hydroxylation sites is 2. The lowest BCUT2D eigenvalue weighted by Crippen LogP contribution is -2.40. The quantitative estimate of drug-likeness (QED) is 0.556. The molecule has 1 fully saturated rings. The zero-order chi connectivity index (χ0) is 21.0. The Kier molecular flexibility index (Phi) is 4.23. The van der Waals surface area contributed by atoms with Gasteiger partial charge in [-0.2, -0.15) is 5.10 Å². The highest BCUT2D eigenvalue weighted by Crippen LogP contribution is 2.28. The minimum Gasteiger partial charge on any atom is -0.338 e. The van der Waals surface area contributed by atoms with Gasteiger partial charge < -0.3 is 9.88 Å². The number of carbonyl (C=O) groups is 1. The van der Waals surface area contributed by atoms with Gasteiger partial charge in [0.05, 0.1) is 27.7 Å². The van der Waals surface area contributed by atoms with E-state index in [2.05, 4.69) is 15.1 Å².